The molecular weight excluding hydrogens is 716 g/mol. The van der Waals surface area contributed by atoms with E-state index in [1.54, 1.807) is 18.2 Å². The number of ether oxygens (including phenoxy) is 4. The molecule has 2 fully saturated rings. The van der Waals surface area contributed by atoms with Crippen LogP contribution in [0.25, 0.3) is 10.9 Å². The molecule has 0 bridgehead atoms. The fourth-order valence-corrected chi connectivity index (χ4v) is 7.21. The Morgan fingerprint density at radius 1 is 0.764 bits per heavy atom. The zero-order valence-electron chi connectivity index (χ0n) is 32.2. The van der Waals surface area contributed by atoms with Crippen LogP contribution in [0.3, 0.4) is 0 Å². The molecule has 0 spiro atoms. The topological polar surface area (TPSA) is 244 Å². The standard InChI is InChI=1S/C40H66N2O13/c1-25(44)15-13-11-9-7-5-3-2-4-6-8-10-12-14-16-32(45)41-20-19-26-22-42-29-18-17-27(21-28(26)29)53-40-38(51)36(49)34(47)31(55-40)24-52-39-37(50)35(48)33(46)30(23-43)54-39/h17-18,21-22,25,30-31,33-40,42-44,46-51H,2-16,19-20,23-24H2,1H3,(H,41,45)/t25?,30?,31?,33-,34-,35-,36-,37?,38?,39+,40+/m0/s1. The number of amides is 1. The third-order valence-corrected chi connectivity index (χ3v) is 10.7. The van der Waals surface area contributed by atoms with Gasteiger partial charge in [-0.15, -0.1) is 0 Å². The third kappa shape index (κ3) is 14.2. The lowest BCUT2D eigenvalue weighted by Gasteiger charge is -2.42. The first kappa shape index (κ1) is 45.3. The molecule has 4 rings (SSSR count). The summed E-state index contributed by atoms with van der Waals surface area (Å²) in [5.41, 5.74) is 1.78. The van der Waals surface area contributed by atoms with Crippen LogP contribution in [0.4, 0.5) is 0 Å². The van der Waals surface area contributed by atoms with Gasteiger partial charge in [-0.1, -0.05) is 77.0 Å². The number of rotatable bonds is 25. The molecule has 10 N–H and O–H groups in total. The highest BCUT2D eigenvalue weighted by Crippen LogP contribution is 2.30. The van der Waals surface area contributed by atoms with Gasteiger partial charge in [0.05, 0.1) is 19.3 Å². The van der Waals surface area contributed by atoms with Gasteiger partial charge in [-0.05, 0) is 49.9 Å². The summed E-state index contributed by atoms with van der Waals surface area (Å²) in [7, 11) is 0. The Labute approximate surface area is 324 Å². The first-order valence-corrected chi connectivity index (χ1v) is 20.3. The van der Waals surface area contributed by atoms with Gasteiger partial charge in [0.15, 0.2) is 6.29 Å². The summed E-state index contributed by atoms with van der Waals surface area (Å²) in [6, 6.07) is 5.19. The van der Waals surface area contributed by atoms with Crippen molar-refractivity contribution in [2.45, 2.75) is 177 Å². The van der Waals surface area contributed by atoms with Gasteiger partial charge in [-0.3, -0.25) is 4.79 Å². The van der Waals surface area contributed by atoms with E-state index in [9.17, 15) is 45.6 Å². The molecule has 55 heavy (non-hydrogen) atoms. The summed E-state index contributed by atoms with van der Waals surface area (Å²) in [5, 5.41) is 84.6. The van der Waals surface area contributed by atoms with Crippen LogP contribution in [0.15, 0.2) is 24.4 Å². The smallest absolute Gasteiger partial charge is 0.229 e. The van der Waals surface area contributed by atoms with Crippen molar-refractivity contribution in [1.29, 1.82) is 0 Å². The number of hydrogen-bond donors (Lipinski definition) is 10. The van der Waals surface area contributed by atoms with Crippen LogP contribution >= 0.6 is 0 Å². The van der Waals surface area contributed by atoms with Gasteiger partial charge in [0.25, 0.3) is 0 Å². The van der Waals surface area contributed by atoms with E-state index in [0.717, 1.165) is 48.6 Å². The number of carbonyl (C=O) groups excluding carboxylic acids is 1. The molecule has 3 heterocycles. The normalized spacial score (nSPS) is 29.0. The van der Waals surface area contributed by atoms with Gasteiger partial charge in [0.2, 0.25) is 12.2 Å². The van der Waals surface area contributed by atoms with E-state index in [1.807, 2.05) is 13.1 Å². The molecule has 314 valence electrons. The van der Waals surface area contributed by atoms with E-state index in [2.05, 4.69) is 10.3 Å². The number of aromatic nitrogens is 1. The highest BCUT2D eigenvalue weighted by atomic mass is 16.7. The maximum absolute atomic E-state index is 12.5. The zero-order valence-corrected chi connectivity index (χ0v) is 32.2. The second-order valence-electron chi connectivity index (χ2n) is 15.3. The summed E-state index contributed by atoms with van der Waals surface area (Å²) >= 11 is 0. The van der Waals surface area contributed by atoms with Crippen molar-refractivity contribution in [3.05, 3.63) is 30.0 Å². The van der Waals surface area contributed by atoms with E-state index >= 15 is 0 Å². The average molecular weight is 783 g/mol. The molecule has 1 aromatic heterocycles. The summed E-state index contributed by atoms with van der Waals surface area (Å²) in [5.74, 6) is 0.346. The number of hydrogen-bond acceptors (Lipinski definition) is 13. The molecule has 0 aliphatic carbocycles. The fraction of sp³-hybridized carbons (Fsp3) is 0.775. The Balaban J connectivity index is 1.13. The molecule has 2 saturated heterocycles. The van der Waals surface area contributed by atoms with E-state index in [-0.39, 0.29) is 12.0 Å². The number of unbranched alkanes of at least 4 members (excludes halogenated alkanes) is 12. The van der Waals surface area contributed by atoms with Crippen molar-refractivity contribution in [1.82, 2.24) is 10.3 Å². The van der Waals surface area contributed by atoms with Crippen LogP contribution in [-0.4, -0.2) is 139 Å². The Morgan fingerprint density at radius 3 is 1.95 bits per heavy atom. The largest absolute Gasteiger partial charge is 0.462 e. The Bertz CT molecular complexity index is 1380. The molecule has 0 saturated carbocycles. The molecule has 11 atom stereocenters. The van der Waals surface area contributed by atoms with Crippen molar-refractivity contribution >= 4 is 16.8 Å². The number of nitrogens with one attached hydrogen (secondary N) is 2. The highest BCUT2D eigenvalue weighted by Gasteiger charge is 2.48. The SMILES string of the molecule is CC(O)CCCCCCCCCCCCCCCC(=O)NCCc1c[nH]c2ccc(O[C@@H]3OC(CO[C@@H]4OC(CO)[C@H](O)[C@H](O)C4O)[C@H](O)[C@H](O)C3O)cc12. The Morgan fingerprint density at radius 2 is 1.33 bits per heavy atom. The number of H-pyrrole nitrogens is 1. The van der Waals surface area contributed by atoms with Crippen LogP contribution in [0.1, 0.15) is 109 Å². The van der Waals surface area contributed by atoms with E-state index in [0.29, 0.717) is 25.1 Å². The van der Waals surface area contributed by atoms with Crippen molar-refractivity contribution in [2.75, 3.05) is 19.8 Å². The summed E-state index contributed by atoms with van der Waals surface area (Å²) < 4.78 is 22.5. The molecule has 15 heteroatoms. The lowest BCUT2D eigenvalue weighted by Crippen LogP contribution is -2.62. The predicted octanol–water partition coefficient (Wildman–Crippen LogP) is 2.06. The van der Waals surface area contributed by atoms with Gasteiger partial charge < -0.3 is 70.1 Å². The van der Waals surface area contributed by atoms with Gasteiger partial charge >= 0.3 is 0 Å². The van der Waals surface area contributed by atoms with Gasteiger partial charge in [0.1, 0.15) is 54.6 Å². The van der Waals surface area contributed by atoms with E-state index < -0.39 is 74.6 Å². The molecule has 2 aromatic rings. The third-order valence-electron chi connectivity index (χ3n) is 10.7. The monoisotopic (exact) mass is 782 g/mol. The predicted molar refractivity (Wildman–Crippen MR) is 203 cm³/mol. The second-order valence-corrected chi connectivity index (χ2v) is 15.3. The van der Waals surface area contributed by atoms with Crippen LogP contribution in [0, 0.1) is 0 Å². The van der Waals surface area contributed by atoms with Gasteiger partial charge in [0, 0.05) is 30.1 Å². The lowest BCUT2D eigenvalue weighted by atomic mass is 9.98. The number of fused-ring (bicyclic) bond motifs is 1. The van der Waals surface area contributed by atoms with Gasteiger partial charge in [-0.25, -0.2) is 0 Å². The Kier molecular flexibility index (Phi) is 19.5. The minimum absolute atomic E-state index is 0.0315. The van der Waals surface area contributed by atoms with Crippen molar-refractivity contribution < 1.29 is 64.6 Å². The number of aliphatic hydroxyl groups excluding tert-OH is 8. The lowest BCUT2D eigenvalue weighted by molar-refractivity contribution is -0.323. The maximum atomic E-state index is 12.5. The Hall–Kier alpha value is -2.41. The zero-order chi connectivity index (χ0) is 39.7. The van der Waals surface area contributed by atoms with Crippen LogP contribution in [0.5, 0.6) is 5.75 Å². The van der Waals surface area contributed by atoms with Crippen molar-refractivity contribution in [3.63, 3.8) is 0 Å². The maximum Gasteiger partial charge on any atom is 0.229 e. The molecule has 1 aromatic carbocycles. The van der Waals surface area contributed by atoms with Crippen LogP contribution < -0.4 is 10.1 Å². The quantitative estimate of drug-likeness (QED) is 0.0650. The van der Waals surface area contributed by atoms with E-state index in [4.69, 9.17) is 18.9 Å². The van der Waals surface area contributed by atoms with Crippen LogP contribution in [-0.2, 0) is 25.4 Å². The number of carbonyl (C=O) groups is 1. The highest BCUT2D eigenvalue weighted by molar-refractivity contribution is 5.84. The number of aliphatic hydroxyl groups is 8. The molecular formula is C40H66N2O13. The minimum atomic E-state index is -1.68. The summed E-state index contributed by atoms with van der Waals surface area (Å²) in [4.78, 5) is 15.7. The van der Waals surface area contributed by atoms with Crippen molar-refractivity contribution in [3.8, 4) is 5.75 Å². The van der Waals surface area contributed by atoms with Crippen LogP contribution in [0.2, 0.25) is 0 Å². The minimum Gasteiger partial charge on any atom is -0.462 e. The van der Waals surface area contributed by atoms with Gasteiger partial charge in [-0.2, -0.15) is 0 Å². The molecule has 0 radical (unpaired) electrons. The number of aromatic amines is 1. The average Bonchev–Trinajstić information content (AvgIpc) is 3.57. The molecule has 2 aliphatic heterocycles. The molecule has 5 unspecified atom stereocenters. The number of benzene rings is 1. The molecule has 2 aliphatic rings. The summed E-state index contributed by atoms with van der Waals surface area (Å²) in [6.07, 6.45) is 4.14. The first-order valence-electron chi connectivity index (χ1n) is 20.3. The first-order chi connectivity index (χ1) is 26.5. The molecule has 1 amide bonds. The summed E-state index contributed by atoms with van der Waals surface area (Å²) in [6.45, 7) is 1.21. The molecule has 15 nitrogen and oxygen atoms in total. The fourth-order valence-electron chi connectivity index (χ4n) is 7.21. The van der Waals surface area contributed by atoms with E-state index in [1.165, 1.54) is 57.8 Å². The van der Waals surface area contributed by atoms with Crippen molar-refractivity contribution in [2.24, 2.45) is 0 Å². The second kappa shape index (κ2) is 23.7.